The van der Waals surface area contributed by atoms with Gasteiger partial charge in [-0.2, -0.15) is 5.10 Å². The van der Waals surface area contributed by atoms with Gasteiger partial charge in [0, 0.05) is 17.8 Å². The zero-order valence-electron chi connectivity index (χ0n) is 7.46. The van der Waals surface area contributed by atoms with Gasteiger partial charge in [0.05, 0.1) is 0 Å². The van der Waals surface area contributed by atoms with Crippen LogP contribution in [0.4, 0.5) is 4.39 Å². The molecule has 0 spiro atoms. The van der Waals surface area contributed by atoms with E-state index >= 15 is 0 Å². The van der Waals surface area contributed by atoms with Crippen molar-refractivity contribution in [3.05, 3.63) is 17.0 Å². The largest absolute Gasteiger partial charge is 0.296 e. The van der Waals surface area contributed by atoms with Crippen LogP contribution in [0.1, 0.15) is 41.3 Å². The first-order valence-electron chi connectivity index (χ1n) is 4.46. The molecule has 0 aromatic carbocycles. The predicted octanol–water partition coefficient (Wildman–Crippen LogP) is 1.67. The van der Waals surface area contributed by atoms with Gasteiger partial charge in [-0.15, -0.1) is 0 Å². The highest BCUT2D eigenvalue weighted by Crippen LogP contribution is 2.35. The summed E-state index contributed by atoms with van der Waals surface area (Å²) in [7, 11) is 0. The zero-order valence-corrected chi connectivity index (χ0v) is 7.46. The smallest absolute Gasteiger partial charge is 0.170 e. The number of carbonyl (C=O) groups excluding carboxylic acids is 1. The SMILES string of the molecule is CCn1nc(C=O)c2c1CCC2F. The Kier molecular flexibility index (Phi) is 1.90. The molecule has 1 atom stereocenters. The summed E-state index contributed by atoms with van der Waals surface area (Å²) in [6.45, 7) is 2.64. The number of rotatable bonds is 2. The fourth-order valence-electron chi connectivity index (χ4n) is 1.89. The summed E-state index contributed by atoms with van der Waals surface area (Å²) in [5.41, 5.74) is 1.70. The average Bonchev–Trinajstić information content (AvgIpc) is 2.67. The Bertz CT molecular complexity index is 346. The molecule has 0 bridgehead atoms. The van der Waals surface area contributed by atoms with Gasteiger partial charge in [-0.25, -0.2) is 4.39 Å². The summed E-state index contributed by atoms with van der Waals surface area (Å²) in [4.78, 5) is 10.6. The molecule has 1 aromatic heterocycles. The van der Waals surface area contributed by atoms with Crippen molar-refractivity contribution < 1.29 is 9.18 Å². The molecule has 0 fully saturated rings. The van der Waals surface area contributed by atoms with E-state index < -0.39 is 6.17 Å². The molecule has 0 saturated carbocycles. The lowest BCUT2D eigenvalue weighted by Gasteiger charge is -1.98. The molecule has 70 valence electrons. The summed E-state index contributed by atoms with van der Waals surface area (Å²) < 4.78 is 15.0. The molecule has 13 heavy (non-hydrogen) atoms. The van der Waals surface area contributed by atoms with Crippen molar-refractivity contribution in [1.82, 2.24) is 9.78 Å². The quantitative estimate of drug-likeness (QED) is 0.652. The molecule has 0 amide bonds. The fraction of sp³-hybridized carbons (Fsp3) is 0.556. The number of hydrogen-bond acceptors (Lipinski definition) is 2. The normalized spacial score (nSPS) is 20.3. The monoisotopic (exact) mass is 182 g/mol. The van der Waals surface area contributed by atoms with Gasteiger partial charge in [0.15, 0.2) is 6.29 Å². The second-order valence-electron chi connectivity index (χ2n) is 3.19. The van der Waals surface area contributed by atoms with E-state index in [1.165, 1.54) is 0 Å². The Morgan fingerprint density at radius 3 is 3.15 bits per heavy atom. The van der Waals surface area contributed by atoms with Crippen LogP contribution in [0.25, 0.3) is 0 Å². The highest BCUT2D eigenvalue weighted by molar-refractivity contribution is 5.75. The number of hydrogen-bond donors (Lipinski definition) is 0. The van der Waals surface area contributed by atoms with Gasteiger partial charge in [-0.1, -0.05) is 0 Å². The Morgan fingerprint density at radius 2 is 2.54 bits per heavy atom. The second-order valence-corrected chi connectivity index (χ2v) is 3.19. The van der Waals surface area contributed by atoms with Gasteiger partial charge >= 0.3 is 0 Å². The molecule has 1 heterocycles. The van der Waals surface area contributed by atoms with Crippen LogP contribution >= 0.6 is 0 Å². The molecule has 1 aliphatic carbocycles. The lowest BCUT2D eigenvalue weighted by molar-refractivity contribution is 0.111. The van der Waals surface area contributed by atoms with E-state index in [1.807, 2.05) is 6.92 Å². The van der Waals surface area contributed by atoms with E-state index in [4.69, 9.17) is 0 Å². The Hall–Kier alpha value is -1.19. The second kappa shape index (κ2) is 2.94. The lowest BCUT2D eigenvalue weighted by atomic mass is 10.2. The van der Waals surface area contributed by atoms with Crippen LogP contribution in [0.5, 0.6) is 0 Å². The first kappa shape index (κ1) is 8.41. The molecule has 1 unspecified atom stereocenters. The van der Waals surface area contributed by atoms with E-state index in [1.54, 1.807) is 4.68 Å². The number of aryl methyl sites for hydroxylation is 1. The van der Waals surface area contributed by atoms with Gasteiger partial charge in [0.1, 0.15) is 11.9 Å². The van der Waals surface area contributed by atoms with E-state index in [2.05, 4.69) is 5.10 Å². The topological polar surface area (TPSA) is 34.9 Å². The Morgan fingerprint density at radius 1 is 1.77 bits per heavy atom. The van der Waals surface area contributed by atoms with Crippen molar-refractivity contribution in [3.8, 4) is 0 Å². The third-order valence-electron chi connectivity index (χ3n) is 2.49. The zero-order chi connectivity index (χ0) is 9.42. The minimum Gasteiger partial charge on any atom is -0.296 e. The maximum Gasteiger partial charge on any atom is 0.170 e. The van der Waals surface area contributed by atoms with Gasteiger partial charge < -0.3 is 0 Å². The average molecular weight is 182 g/mol. The number of aromatic nitrogens is 2. The van der Waals surface area contributed by atoms with E-state index in [9.17, 15) is 9.18 Å². The van der Waals surface area contributed by atoms with Crippen molar-refractivity contribution >= 4 is 6.29 Å². The molecule has 2 rings (SSSR count). The molecule has 4 heteroatoms. The molecule has 0 saturated heterocycles. The number of nitrogens with zero attached hydrogens (tertiary/aromatic N) is 2. The van der Waals surface area contributed by atoms with Crippen molar-refractivity contribution in [2.45, 2.75) is 32.5 Å². The maximum absolute atomic E-state index is 13.3. The standard InChI is InChI=1S/C9H11FN2O/c1-2-12-8-4-3-6(10)9(8)7(5-13)11-12/h5-6H,2-4H2,1H3. The maximum atomic E-state index is 13.3. The van der Waals surface area contributed by atoms with E-state index in [0.717, 1.165) is 5.69 Å². The fourth-order valence-corrected chi connectivity index (χ4v) is 1.89. The van der Waals surface area contributed by atoms with Crippen LogP contribution in [0, 0.1) is 0 Å². The summed E-state index contributed by atoms with van der Waals surface area (Å²) in [6.07, 6.45) is 0.845. The summed E-state index contributed by atoms with van der Waals surface area (Å²) in [5, 5.41) is 4.03. The third-order valence-corrected chi connectivity index (χ3v) is 2.49. The molecular weight excluding hydrogens is 171 g/mol. The van der Waals surface area contributed by atoms with E-state index in [-0.39, 0.29) is 5.69 Å². The van der Waals surface area contributed by atoms with Gasteiger partial charge in [0.2, 0.25) is 0 Å². The molecular formula is C9H11FN2O. The summed E-state index contributed by atoms with van der Waals surface area (Å²) >= 11 is 0. The highest BCUT2D eigenvalue weighted by Gasteiger charge is 2.29. The van der Waals surface area contributed by atoms with Crippen molar-refractivity contribution in [3.63, 3.8) is 0 Å². The first-order valence-corrected chi connectivity index (χ1v) is 4.46. The van der Waals surface area contributed by atoms with Crippen LogP contribution in [0.15, 0.2) is 0 Å². The number of aldehydes is 1. The predicted molar refractivity (Wildman–Crippen MR) is 45.5 cm³/mol. The Labute approximate surface area is 75.5 Å². The van der Waals surface area contributed by atoms with Crippen LogP contribution in [0.3, 0.4) is 0 Å². The van der Waals surface area contributed by atoms with Crippen molar-refractivity contribution in [2.75, 3.05) is 0 Å². The lowest BCUT2D eigenvalue weighted by Crippen LogP contribution is -2.01. The van der Waals surface area contributed by atoms with Crippen molar-refractivity contribution in [2.24, 2.45) is 0 Å². The summed E-state index contributed by atoms with van der Waals surface area (Å²) in [6, 6.07) is 0. The number of fused-ring (bicyclic) bond motifs is 1. The van der Waals surface area contributed by atoms with Crippen molar-refractivity contribution in [1.29, 1.82) is 0 Å². The Balaban J connectivity index is 2.56. The van der Waals surface area contributed by atoms with Gasteiger partial charge in [-0.05, 0) is 19.8 Å². The summed E-state index contributed by atoms with van der Waals surface area (Å²) in [5.74, 6) is 0. The van der Waals surface area contributed by atoms with Gasteiger partial charge in [0.25, 0.3) is 0 Å². The molecule has 1 aromatic rings. The van der Waals surface area contributed by atoms with Crippen LogP contribution in [-0.2, 0) is 13.0 Å². The minimum atomic E-state index is -0.990. The van der Waals surface area contributed by atoms with Crippen LogP contribution in [-0.4, -0.2) is 16.1 Å². The number of carbonyl (C=O) groups is 1. The minimum absolute atomic E-state index is 0.279. The first-order chi connectivity index (χ1) is 6.27. The molecule has 0 N–H and O–H groups in total. The van der Waals surface area contributed by atoms with Crippen LogP contribution in [0.2, 0.25) is 0 Å². The molecule has 3 nitrogen and oxygen atoms in total. The molecule has 1 aliphatic rings. The number of alkyl halides is 1. The molecule has 0 radical (unpaired) electrons. The van der Waals surface area contributed by atoms with E-state index in [0.29, 0.717) is 31.2 Å². The highest BCUT2D eigenvalue weighted by atomic mass is 19.1. The third kappa shape index (κ3) is 1.08. The molecule has 0 aliphatic heterocycles. The number of halogens is 1. The van der Waals surface area contributed by atoms with Crippen LogP contribution < -0.4 is 0 Å². The van der Waals surface area contributed by atoms with Gasteiger partial charge in [-0.3, -0.25) is 9.48 Å².